The van der Waals surface area contributed by atoms with E-state index in [1.807, 2.05) is 0 Å². The van der Waals surface area contributed by atoms with Crippen molar-refractivity contribution in [2.24, 2.45) is 0 Å². The lowest BCUT2D eigenvalue weighted by Gasteiger charge is -1.80. The summed E-state index contributed by atoms with van der Waals surface area (Å²) in [5.41, 5.74) is 0. The van der Waals surface area contributed by atoms with Crippen molar-refractivity contribution < 1.29 is 29.4 Å². The maximum Gasteiger partial charge on any atom is 0.372 e. The van der Waals surface area contributed by atoms with Crippen LogP contribution in [0.4, 0.5) is 0 Å². The molecule has 0 atom stereocenters. The number of carbonyl (C=O) groups is 4. The number of hydrogen-bond acceptors (Lipinski definition) is 4. The third kappa shape index (κ3) is 12.9. The molecule has 0 aromatic carbocycles. The van der Waals surface area contributed by atoms with Crippen LogP contribution in [0.25, 0.3) is 0 Å². The summed E-state index contributed by atoms with van der Waals surface area (Å²) >= 11 is 0. The highest BCUT2D eigenvalue weighted by atomic mass is 16.4. The van der Waals surface area contributed by atoms with Crippen molar-refractivity contribution in [3.63, 3.8) is 0 Å². The van der Waals surface area contributed by atoms with Gasteiger partial charge in [0.1, 0.15) is 12.2 Å². The van der Waals surface area contributed by atoms with E-state index in [9.17, 15) is 19.2 Å². The summed E-state index contributed by atoms with van der Waals surface area (Å²) in [4.78, 5) is 39.0. The van der Waals surface area contributed by atoms with Crippen molar-refractivity contribution in [3.05, 3.63) is 0 Å². The van der Waals surface area contributed by atoms with Crippen molar-refractivity contribution >= 4 is 23.5 Å². The van der Waals surface area contributed by atoms with Crippen LogP contribution >= 0.6 is 0 Å². The van der Waals surface area contributed by atoms with E-state index in [-0.39, 0.29) is 18.6 Å². The molecule has 0 aliphatic rings. The Balaban J connectivity index is 0. The zero-order chi connectivity index (χ0) is 11.7. The molecule has 14 heavy (non-hydrogen) atoms. The quantitative estimate of drug-likeness (QED) is 0.496. The van der Waals surface area contributed by atoms with Crippen molar-refractivity contribution in [1.82, 2.24) is 0 Å². The Kier molecular flexibility index (Phi) is 8.35. The van der Waals surface area contributed by atoms with Gasteiger partial charge in [-0.2, -0.15) is 0 Å². The van der Waals surface area contributed by atoms with Crippen molar-refractivity contribution in [2.75, 3.05) is 0 Å². The predicted octanol–water partition coefficient (Wildman–Crippen LogP) is 0.100. The normalized spacial score (nSPS) is 8.14. The van der Waals surface area contributed by atoms with Gasteiger partial charge in [-0.1, -0.05) is 6.92 Å². The molecule has 0 aromatic rings. The second-order valence-corrected chi connectivity index (χ2v) is 2.35. The first-order chi connectivity index (χ1) is 6.31. The van der Waals surface area contributed by atoms with Gasteiger partial charge >= 0.3 is 11.9 Å². The van der Waals surface area contributed by atoms with Crippen LogP contribution in [-0.4, -0.2) is 33.7 Å². The Morgan fingerprint density at radius 3 is 1.50 bits per heavy atom. The second-order valence-electron chi connectivity index (χ2n) is 2.35. The fraction of sp³-hybridized carbons (Fsp3) is 0.500. The number of carbonyl (C=O) groups excluding carboxylic acids is 2. The molecule has 2 N–H and O–H groups in total. The molecule has 0 aliphatic heterocycles. The molecular weight excluding hydrogens is 192 g/mol. The smallest absolute Gasteiger partial charge is 0.372 e. The molecule has 0 rings (SSSR count). The van der Waals surface area contributed by atoms with E-state index in [2.05, 4.69) is 0 Å². The molecule has 6 heteroatoms. The monoisotopic (exact) mass is 204 g/mol. The summed E-state index contributed by atoms with van der Waals surface area (Å²) in [6.45, 7) is 2.75. The molecule has 0 radical (unpaired) electrons. The van der Waals surface area contributed by atoms with E-state index < -0.39 is 17.7 Å². The first kappa shape index (κ1) is 14.8. The van der Waals surface area contributed by atoms with Crippen LogP contribution in [-0.2, 0) is 19.2 Å². The van der Waals surface area contributed by atoms with Gasteiger partial charge in [0.05, 0.1) is 0 Å². The molecule has 0 aliphatic carbocycles. The lowest BCUT2D eigenvalue weighted by Crippen LogP contribution is -2.09. The third-order valence-electron chi connectivity index (χ3n) is 0.960. The lowest BCUT2D eigenvalue weighted by molar-refractivity contribution is -0.148. The Morgan fingerprint density at radius 2 is 1.50 bits per heavy atom. The van der Waals surface area contributed by atoms with E-state index >= 15 is 0 Å². The number of carboxylic acids is 2. The van der Waals surface area contributed by atoms with E-state index in [0.717, 1.165) is 0 Å². The Bertz CT molecular complexity index is 230. The number of ketones is 2. The lowest BCUT2D eigenvalue weighted by atomic mass is 10.3. The SMILES string of the molecule is CC(=O)CC(=O)O.CCC(=O)C(=O)O. The van der Waals surface area contributed by atoms with Gasteiger partial charge in [-0.25, -0.2) is 4.79 Å². The van der Waals surface area contributed by atoms with Crippen LogP contribution in [0, 0.1) is 0 Å². The zero-order valence-corrected chi connectivity index (χ0v) is 7.94. The Hall–Kier alpha value is -1.72. The molecule has 0 spiro atoms. The Labute approximate surface area is 80.5 Å². The number of aliphatic carboxylic acids is 2. The van der Waals surface area contributed by atoms with Crippen LogP contribution in [0.1, 0.15) is 26.7 Å². The molecular formula is C8H12O6. The average Bonchev–Trinajstić information content (AvgIpc) is 2.01. The van der Waals surface area contributed by atoms with Crippen LogP contribution in [0.15, 0.2) is 0 Å². The first-order valence-corrected chi connectivity index (χ1v) is 3.78. The van der Waals surface area contributed by atoms with E-state index in [1.165, 1.54) is 13.8 Å². The average molecular weight is 204 g/mol. The second kappa shape index (κ2) is 7.90. The largest absolute Gasteiger partial charge is 0.481 e. The van der Waals surface area contributed by atoms with E-state index in [1.54, 1.807) is 0 Å². The summed E-state index contributed by atoms with van der Waals surface area (Å²) in [5.74, 6) is -3.46. The zero-order valence-electron chi connectivity index (χ0n) is 7.94. The summed E-state index contributed by atoms with van der Waals surface area (Å²) in [6.07, 6.45) is -0.282. The molecule has 0 fully saturated rings. The van der Waals surface area contributed by atoms with Gasteiger partial charge in [-0.15, -0.1) is 0 Å². The van der Waals surface area contributed by atoms with Gasteiger partial charge in [-0.05, 0) is 6.92 Å². The van der Waals surface area contributed by atoms with Crippen molar-refractivity contribution in [2.45, 2.75) is 26.7 Å². The minimum Gasteiger partial charge on any atom is -0.481 e. The minimum atomic E-state index is -1.34. The number of hydrogen-bond donors (Lipinski definition) is 2. The summed E-state index contributed by atoms with van der Waals surface area (Å²) in [6, 6.07) is 0. The first-order valence-electron chi connectivity index (χ1n) is 3.78. The standard InChI is InChI=1S/2C4H6O3/c1-3(5)2-4(6)7;1-2-3(5)4(6)7/h2*2H2,1H3,(H,6,7). The van der Waals surface area contributed by atoms with Gasteiger partial charge in [-0.3, -0.25) is 14.4 Å². The Morgan fingerprint density at radius 1 is 1.07 bits per heavy atom. The molecule has 80 valence electrons. The molecule has 0 amide bonds. The highest BCUT2D eigenvalue weighted by Gasteiger charge is 2.05. The molecule has 0 saturated carbocycles. The molecule has 0 bridgehead atoms. The number of rotatable bonds is 4. The molecule has 0 aromatic heterocycles. The molecule has 6 nitrogen and oxygen atoms in total. The van der Waals surface area contributed by atoms with Crippen molar-refractivity contribution in [1.29, 1.82) is 0 Å². The van der Waals surface area contributed by atoms with Gasteiger partial charge in [0.15, 0.2) is 0 Å². The third-order valence-corrected chi connectivity index (χ3v) is 0.960. The topological polar surface area (TPSA) is 109 Å². The van der Waals surface area contributed by atoms with Crippen LogP contribution in [0.5, 0.6) is 0 Å². The van der Waals surface area contributed by atoms with E-state index in [4.69, 9.17) is 10.2 Å². The van der Waals surface area contributed by atoms with Gasteiger partial charge in [0.2, 0.25) is 5.78 Å². The minimum absolute atomic E-state index is 0.0787. The molecule has 0 saturated heterocycles. The summed E-state index contributed by atoms with van der Waals surface area (Å²) in [7, 11) is 0. The van der Waals surface area contributed by atoms with Gasteiger partial charge in [0.25, 0.3) is 0 Å². The fourth-order valence-electron chi connectivity index (χ4n) is 0.364. The van der Waals surface area contributed by atoms with Crippen LogP contribution < -0.4 is 0 Å². The molecule has 0 unspecified atom stereocenters. The fourth-order valence-corrected chi connectivity index (χ4v) is 0.364. The molecule has 0 heterocycles. The maximum absolute atomic E-state index is 9.91. The summed E-state index contributed by atoms with van der Waals surface area (Å²) < 4.78 is 0. The van der Waals surface area contributed by atoms with Crippen LogP contribution in [0.2, 0.25) is 0 Å². The van der Waals surface area contributed by atoms with E-state index in [0.29, 0.717) is 0 Å². The number of carboxylic acid groups (broad SMARTS) is 2. The summed E-state index contributed by atoms with van der Waals surface area (Å²) in [5, 5.41) is 15.7. The maximum atomic E-state index is 9.91. The van der Waals surface area contributed by atoms with Crippen molar-refractivity contribution in [3.8, 4) is 0 Å². The number of Topliss-reactive ketones (excluding diaryl/α,β-unsaturated/α-hetero) is 2. The predicted molar refractivity (Wildman–Crippen MR) is 45.9 cm³/mol. The highest BCUT2D eigenvalue weighted by Crippen LogP contribution is 1.77. The van der Waals surface area contributed by atoms with Gasteiger partial charge < -0.3 is 10.2 Å². The van der Waals surface area contributed by atoms with Crippen LogP contribution in [0.3, 0.4) is 0 Å². The van der Waals surface area contributed by atoms with Gasteiger partial charge in [0, 0.05) is 6.42 Å². The highest BCUT2D eigenvalue weighted by molar-refractivity contribution is 6.32.